The van der Waals surface area contributed by atoms with Crippen molar-refractivity contribution in [2.24, 2.45) is 0 Å². The first-order valence-electron chi connectivity index (χ1n) is 8.68. The molecule has 0 spiro atoms. The van der Waals surface area contributed by atoms with Gasteiger partial charge in [0, 0.05) is 5.70 Å². The molecular weight excluding hydrogens is 385 g/mol. The lowest BCUT2D eigenvalue weighted by atomic mass is 10.00. The van der Waals surface area contributed by atoms with Crippen LogP contribution in [0.1, 0.15) is 22.7 Å². The van der Waals surface area contributed by atoms with E-state index in [0.29, 0.717) is 28.7 Å². The first-order valence-corrected chi connectivity index (χ1v) is 8.68. The van der Waals surface area contributed by atoms with Crippen molar-refractivity contribution in [2.75, 3.05) is 19.5 Å². The number of nitrogens with one attached hydrogen (secondary N) is 1. The van der Waals surface area contributed by atoms with Gasteiger partial charge in [-0.05, 0) is 41.5 Å². The number of ether oxygens (including phenoxy) is 2. The Labute approximate surface area is 164 Å². The van der Waals surface area contributed by atoms with Crippen LogP contribution in [0.2, 0.25) is 0 Å². The van der Waals surface area contributed by atoms with Gasteiger partial charge in [0.25, 0.3) is 0 Å². The summed E-state index contributed by atoms with van der Waals surface area (Å²) < 4.78 is 51.7. The van der Waals surface area contributed by atoms with Gasteiger partial charge in [0.2, 0.25) is 5.95 Å². The average Bonchev–Trinajstić information content (AvgIpc) is 3.20. The van der Waals surface area contributed by atoms with Crippen molar-refractivity contribution in [3.05, 3.63) is 71.6 Å². The summed E-state index contributed by atoms with van der Waals surface area (Å²) in [7, 11) is 3.08. The number of methoxy groups -OCH3 is 2. The van der Waals surface area contributed by atoms with Gasteiger partial charge >= 0.3 is 6.18 Å². The van der Waals surface area contributed by atoms with Gasteiger partial charge in [-0.25, -0.2) is 4.68 Å². The largest absolute Gasteiger partial charge is 0.493 e. The van der Waals surface area contributed by atoms with E-state index in [0.717, 1.165) is 17.7 Å². The maximum absolute atomic E-state index is 13.1. The highest BCUT2D eigenvalue weighted by Crippen LogP contribution is 2.37. The minimum absolute atomic E-state index is 0.391. The molecule has 0 fully saturated rings. The van der Waals surface area contributed by atoms with Crippen molar-refractivity contribution in [3.8, 4) is 11.5 Å². The smallest absolute Gasteiger partial charge is 0.416 e. The molecule has 9 heteroatoms. The van der Waals surface area contributed by atoms with Gasteiger partial charge in [-0.15, -0.1) is 0 Å². The number of hydrogen-bond acceptors (Lipinski definition) is 5. The Balaban J connectivity index is 1.80. The minimum Gasteiger partial charge on any atom is -0.493 e. The fourth-order valence-electron chi connectivity index (χ4n) is 3.24. The summed E-state index contributed by atoms with van der Waals surface area (Å²) in [5.41, 5.74) is 1.02. The molecule has 1 aromatic heterocycles. The van der Waals surface area contributed by atoms with E-state index in [1.807, 2.05) is 6.07 Å². The molecule has 4 rings (SSSR count). The lowest BCUT2D eigenvalue weighted by Gasteiger charge is -2.25. The summed E-state index contributed by atoms with van der Waals surface area (Å²) in [5, 5.41) is 7.29. The van der Waals surface area contributed by atoms with E-state index in [1.54, 1.807) is 36.1 Å². The highest BCUT2D eigenvalue weighted by atomic mass is 19.4. The summed E-state index contributed by atoms with van der Waals surface area (Å²) in [6.07, 6.45) is -1.23. The monoisotopic (exact) mass is 402 g/mol. The highest BCUT2D eigenvalue weighted by Gasteiger charge is 2.31. The first-order chi connectivity index (χ1) is 13.9. The number of hydrogen-bond donors (Lipinski definition) is 1. The van der Waals surface area contributed by atoms with Crippen molar-refractivity contribution in [1.82, 2.24) is 14.8 Å². The molecule has 1 aliphatic heterocycles. The number of benzene rings is 2. The van der Waals surface area contributed by atoms with Crippen LogP contribution < -0.4 is 14.8 Å². The maximum atomic E-state index is 13.1. The zero-order chi connectivity index (χ0) is 20.6. The molecule has 1 unspecified atom stereocenters. The highest BCUT2D eigenvalue weighted by molar-refractivity contribution is 5.77. The second-order valence-corrected chi connectivity index (χ2v) is 6.37. The van der Waals surface area contributed by atoms with Gasteiger partial charge in [0.15, 0.2) is 11.5 Å². The van der Waals surface area contributed by atoms with Crippen LogP contribution in [0.4, 0.5) is 19.1 Å². The lowest BCUT2D eigenvalue weighted by Crippen LogP contribution is -2.20. The number of alkyl halides is 3. The Hall–Kier alpha value is -3.49. The molecule has 0 amide bonds. The Kier molecular flexibility index (Phi) is 4.65. The van der Waals surface area contributed by atoms with E-state index in [4.69, 9.17) is 9.47 Å². The van der Waals surface area contributed by atoms with Crippen LogP contribution in [0.15, 0.2) is 54.9 Å². The number of anilines is 1. The Morgan fingerprint density at radius 2 is 1.83 bits per heavy atom. The molecule has 2 heterocycles. The third-order valence-corrected chi connectivity index (χ3v) is 4.66. The van der Waals surface area contributed by atoms with Gasteiger partial charge in [0.1, 0.15) is 12.4 Å². The van der Waals surface area contributed by atoms with Crippen LogP contribution in [-0.4, -0.2) is 29.0 Å². The summed E-state index contributed by atoms with van der Waals surface area (Å²) in [4.78, 5) is 4.18. The van der Waals surface area contributed by atoms with Crippen LogP contribution in [0.25, 0.3) is 5.70 Å². The molecule has 0 bridgehead atoms. The van der Waals surface area contributed by atoms with E-state index in [1.165, 1.54) is 19.5 Å². The minimum atomic E-state index is -4.42. The summed E-state index contributed by atoms with van der Waals surface area (Å²) in [6, 6.07) is 10.2. The van der Waals surface area contributed by atoms with Crippen molar-refractivity contribution in [1.29, 1.82) is 0 Å². The maximum Gasteiger partial charge on any atom is 0.416 e. The fourth-order valence-corrected chi connectivity index (χ4v) is 3.24. The average molecular weight is 402 g/mol. The van der Waals surface area contributed by atoms with E-state index >= 15 is 0 Å². The van der Waals surface area contributed by atoms with Gasteiger partial charge in [-0.1, -0.05) is 18.2 Å². The summed E-state index contributed by atoms with van der Waals surface area (Å²) in [6.45, 7) is 0. The molecule has 6 nitrogen and oxygen atoms in total. The second kappa shape index (κ2) is 7.16. The predicted molar refractivity (Wildman–Crippen MR) is 101 cm³/mol. The summed E-state index contributed by atoms with van der Waals surface area (Å²) >= 11 is 0. The SMILES string of the molecule is COc1ccc(C2C=C(c3cccc(C(F)(F)F)c3)Nc3ncnn32)cc1OC. The Morgan fingerprint density at radius 3 is 2.55 bits per heavy atom. The molecule has 0 aliphatic carbocycles. The number of halogens is 3. The predicted octanol–water partition coefficient (Wildman–Crippen LogP) is 4.37. The number of rotatable bonds is 4. The fraction of sp³-hybridized carbons (Fsp3) is 0.200. The van der Waals surface area contributed by atoms with Crippen LogP contribution in [-0.2, 0) is 6.18 Å². The van der Waals surface area contributed by atoms with Gasteiger partial charge in [0.05, 0.1) is 19.8 Å². The topological polar surface area (TPSA) is 61.2 Å². The first kappa shape index (κ1) is 18.9. The number of nitrogens with zero attached hydrogens (tertiary/aromatic N) is 3. The molecule has 0 saturated carbocycles. The van der Waals surface area contributed by atoms with Crippen molar-refractivity contribution in [3.63, 3.8) is 0 Å². The zero-order valence-corrected chi connectivity index (χ0v) is 15.6. The lowest BCUT2D eigenvalue weighted by molar-refractivity contribution is -0.137. The van der Waals surface area contributed by atoms with E-state index in [-0.39, 0.29) is 0 Å². The molecular formula is C20H17F3N4O2. The van der Waals surface area contributed by atoms with Crippen LogP contribution in [0.5, 0.6) is 11.5 Å². The number of aromatic nitrogens is 3. The quantitative estimate of drug-likeness (QED) is 0.702. The molecule has 2 aromatic carbocycles. The molecule has 150 valence electrons. The third kappa shape index (κ3) is 3.51. The van der Waals surface area contributed by atoms with Crippen LogP contribution in [0, 0.1) is 0 Å². The standard InChI is InChI=1S/C20H17F3N4O2/c1-28-17-7-6-13(9-18(17)29-2)16-10-15(26-19-24-11-25-27(16)19)12-4-3-5-14(8-12)20(21,22)23/h3-11,16H,1-2H3,(H,24,25,26). The third-order valence-electron chi connectivity index (χ3n) is 4.66. The Bertz CT molecular complexity index is 1080. The van der Waals surface area contributed by atoms with E-state index in [9.17, 15) is 13.2 Å². The number of allylic oxidation sites excluding steroid dienone is 1. The van der Waals surface area contributed by atoms with Crippen molar-refractivity contribution >= 4 is 11.6 Å². The van der Waals surface area contributed by atoms with Gasteiger partial charge in [-0.3, -0.25) is 0 Å². The Morgan fingerprint density at radius 1 is 1.03 bits per heavy atom. The molecule has 0 radical (unpaired) electrons. The molecule has 3 aromatic rings. The second-order valence-electron chi connectivity index (χ2n) is 6.37. The molecule has 1 aliphatic rings. The normalized spacial score (nSPS) is 15.9. The van der Waals surface area contributed by atoms with Crippen LogP contribution in [0.3, 0.4) is 0 Å². The van der Waals surface area contributed by atoms with Crippen LogP contribution >= 0.6 is 0 Å². The molecule has 1 N–H and O–H groups in total. The van der Waals surface area contributed by atoms with Gasteiger partial charge < -0.3 is 14.8 Å². The molecule has 0 saturated heterocycles. The van der Waals surface area contributed by atoms with Gasteiger partial charge in [-0.2, -0.15) is 23.3 Å². The molecule has 1 atom stereocenters. The zero-order valence-electron chi connectivity index (χ0n) is 15.6. The molecule has 29 heavy (non-hydrogen) atoms. The summed E-state index contributed by atoms with van der Waals surface area (Å²) in [5.74, 6) is 1.55. The van der Waals surface area contributed by atoms with Crippen molar-refractivity contribution < 1.29 is 22.6 Å². The number of fused-ring (bicyclic) bond motifs is 1. The van der Waals surface area contributed by atoms with Crippen molar-refractivity contribution in [2.45, 2.75) is 12.2 Å². The van der Waals surface area contributed by atoms with E-state index < -0.39 is 17.8 Å². The van der Waals surface area contributed by atoms with E-state index in [2.05, 4.69) is 15.4 Å².